The largest absolute Gasteiger partial charge is 0.392 e. The molecule has 5 atom stereocenters. The summed E-state index contributed by atoms with van der Waals surface area (Å²) in [5, 5.41) is 10.0. The third-order valence-corrected chi connectivity index (χ3v) is 4.53. The van der Waals surface area contributed by atoms with Gasteiger partial charge in [0.2, 0.25) is 0 Å². The summed E-state index contributed by atoms with van der Waals surface area (Å²) >= 11 is 0. The lowest BCUT2D eigenvalue weighted by molar-refractivity contribution is 0.104. The maximum atomic E-state index is 10.0. The van der Waals surface area contributed by atoms with Crippen LogP contribution in [-0.4, -0.2) is 11.2 Å². The van der Waals surface area contributed by atoms with Gasteiger partial charge in [-0.2, -0.15) is 0 Å². The maximum absolute atomic E-state index is 10.0. The van der Waals surface area contributed by atoms with Gasteiger partial charge in [-0.1, -0.05) is 12.2 Å². The smallest absolute Gasteiger partial charge is 0.0608 e. The third-order valence-electron chi connectivity index (χ3n) is 4.53. The number of rotatable bonds is 0. The highest BCUT2D eigenvalue weighted by molar-refractivity contribution is 5.16. The first-order valence-corrected chi connectivity index (χ1v) is 5.60. The second-order valence-electron chi connectivity index (χ2n) is 5.36. The van der Waals surface area contributed by atoms with Gasteiger partial charge >= 0.3 is 0 Å². The van der Waals surface area contributed by atoms with Gasteiger partial charge in [0, 0.05) is 5.92 Å². The lowest BCUT2D eigenvalue weighted by atomic mass is 9.65. The maximum Gasteiger partial charge on any atom is 0.0608 e. The van der Waals surface area contributed by atoms with E-state index in [1.54, 1.807) is 0 Å². The molecule has 4 fully saturated rings. The van der Waals surface area contributed by atoms with Crippen molar-refractivity contribution in [2.75, 3.05) is 0 Å². The van der Waals surface area contributed by atoms with E-state index in [9.17, 15) is 5.11 Å². The van der Waals surface area contributed by atoms with Crippen molar-refractivity contribution in [2.45, 2.75) is 38.2 Å². The molecule has 1 unspecified atom stereocenters. The molecule has 1 nitrogen and oxygen atoms in total. The highest BCUT2D eigenvalue weighted by atomic mass is 16.3. The van der Waals surface area contributed by atoms with Crippen molar-refractivity contribution in [3.8, 4) is 0 Å². The highest BCUT2D eigenvalue weighted by Crippen LogP contribution is 2.53. The van der Waals surface area contributed by atoms with E-state index in [0.717, 1.165) is 24.2 Å². The van der Waals surface area contributed by atoms with Crippen LogP contribution in [0.5, 0.6) is 0 Å². The SMILES string of the molecule is C=C1[C@@H]2C[C@H]3C[C@H](CC(O)[C@@H]1C3)C2. The molecule has 4 rings (SSSR count). The van der Waals surface area contributed by atoms with Gasteiger partial charge in [0.05, 0.1) is 6.10 Å². The van der Waals surface area contributed by atoms with Crippen LogP contribution in [0.15, 0.2) is 12.2 Å². The van der Waals surface area contributed by atoms with Gasteiger partial charge in [-0.25, -0.2) is 0 Å². The molecule has 0 spiro atoms. The summed E-state index contributed by atoms with van der Waals surface area (Å²) < 4.78 is 0. The van der Waals surface area contributed by atoms with Gasteiger partial charge in [0.1, 0.15) is 0 Å². The zero-order valence-electron chi connectivity index (χ0n) is 8.08. The lowest BCUT2D eigenvalue weighted by Crippen LogP contribution is -2.31. The van der Waals surface area contributed by atoms with Crippen molar-refractivity contribution in [3.05, 3.63) is 12.2 Å². The molecule has 13 heavy (non-hydrogen) atoms. The molecule has 0 aromatic carbocycles. The van der Waals surface area contributed by atoms with E-state index in [4.69, 9.17) is 0 Å². The minimum Gasteiger partial charge on any atom is -0.392 e. The fourth-order valence-corrected chi connectivity index (χ4v) is 3.98. The highest BCUT2D eigenvalue weighted by Gasteiger charge is 2.44. The van der Waals surface area contributed by atoms with Crippen LogP contribution >= 0.6 is 0 Å². The number of fused-ring (bicyclic) bond motifs is 1. The number of hydrogen-bond acceptors (Lipinski definition) is 1. The molecular weight excluding hydrogens is 160 g/mol. The zero-order chi connectivity index (χ0) is 9.00. The Kier molecular flexibility index (Phi) is 1.61. The van der Waals surface area contributed by atoms with E-state index in [1.807, 2.05) is 0 Å². The van der Waals surface area contributed by atoms with E-state index in [-0.39, 0.29) is 6.10 Å². The van der Waals surface area contributed by atoms with Crippen LogP contribution in [0.4, 0.5) is 0 Å². The molecule has 0 amide bonds. The summed E-state index contributed by atoms with van der Waals surface area (Å²) in [6.45, 7) is 4.20. The third kappa shape index (κ3) is 1.10. The van der Waals surface area contributed by atoms with Crippen LogP contribution in [0.2, 0.25) is 0 Å². The minimum atomic E-state index is -0.0622. The summed E-state index contributed by atoms with van der Waals surface area (Å²) in [5.74, 6) is 2.94. The molecule has 1 N–H and O–H groups in total. The van der Waals surface area contributed by atoms with Gasteiger partial charge in [0.15, 0.2) is 0 Å². The van der Waals surface area contributed by atoms with Crippen LogP contribution in [-0.2, 0) is 0 Å². The first-order chi connectivity index (χ1) is 6.24. The second kappa shape index (κ2) is 2.60. The molecule has 0 radical (unpaired) electrons. The minimum absolute atomic E-state index is 0.0622. The van der Waals surface area contributed by atoms with E-state index >= 15 is 0 Å². The number of aliphatic hydroxyl groups is 1. The predicted octanol–water partition coefficient (Wildman–Crippen LogP) is 2.36. The average molecular weight is 178 g/mol. The van der Waals surface area contributed by atoms with Crippen molar-refractivity contribution in [1.82, 2.24) is 0 Å². The summed E-state index contributed by atoms with van der Waals surface area (Å²) in [6.07, 6.45) is 6.30. The molecule has 4 saturated carbocycles. The van der Waals surface area contributed by atoms with Crippen molar-refractivity contribution in [1.29, 1.82) is 0 Å². The Morgan fingerprint density at radius 1 is 1.00 bits per heavy atom. The zero-order valence-corrected chi connectivity index (χ0v) is 8.08. The Hall–Kier alpha value is -0.300. The monoisotopic (exact) mass is 178 g/mol. The lowest BCUT2D eigenvalue weighted by Gasteiger charge is -2.40. The van der Waals surface area contributed by atoms with Crippen molar-refractivity contribution >= 4 is 0 Å². The van der Waals surface area contributed by atoms with Gasteiger partial charge in [-0.05, 0) is 49.9 Å². The van der Waals surface area contributed by atoms with E-state index in [1.165, 1.54) is 31.3 Å². The average Bonchev–Trinajstić information content (AvgIpc) is 2.24. The fourth-order valence-electron chi connectivity index (χ4n) is 3.98. The standard InChI is InChI=1S/C12H18O/c1-7-10-3-8-2-9(4-10)6-12(13)11(7)5-8/h8-13H,1-6H2/t8-,9+,10-,11-,12?/m1/s1. The van der Waals surface area contributed by atoms with Gasteiger partial charge in [-0.3, -0.25) is 0 Å². The second-order valence-corrected chi connectivity index (χ2v) is 5.36. The molecule has 0 aromatic rings. The molecule has 72 valence electrons. The van der Waals surface area contributed by atoms with Crippen LogP contribution in [0.1, 0.15) is 32.1 Å². The molecule has 4 bridgehead atoms. The summed E-state index contributed by atoms with van der Waals surface area (Å²) in [4.78, 5) is 0. The molecular formula is C12H18O. The predicted molar refractivity (Wildman–Crippen MR) is 52.2 cm³/mol. The van der Waals surface area contributed by atoms with Crippen molar-refractivity contribution in [2.24, 2.45) is 23.7 Å². The number of hydrogen-bond donors (Lipinski definition) is 1. The van der Waals surface area contributed by atoms with E-state index < -0.39 is 0 Å². The normalized spacial score (nSPS) is 53.9. The summed E-state index contributed by atoms with van der Waals surface area (Å²) in [7, 11) is 0. The summed E-state index contributed by atoms with van der Waals surface area (Å²) in [6, 6.07) is 0. The Balaban J connectivity index is 1.99. The fraction of sp³-hybridized carbons (Fsp3) is 0.833. The van der Waals surface area contributed by atoms with Crippen LogP contribution in [0.3, 0.4) is 0 Å². The molecule has 4 aliphatic carbocycles. The Labute approximate surface area is 79.8 Å². The Morgan fingerprint density at radius 2 is 1.69 bits per heavy atom. The molecule has 1 heteroatoms. The van der Waals surface area contributed by atoms with Gasteiger partial charge in [-0.15, -0.1) is 0 Å². The first-order valence-electron chi connectivity index (χ1n) is 5.60. The first kappa shape index (κ1) is 8.05. The van der Waals surface area contributed by atoms with Crippen molar-refractivity contribution < 1.29 is 5.11 Å². The van der Waals surface area contributed by atoms with E-state index in [2.05, 4.69) is 6.58 Å². The Morgan fingerprint density at radius 3 is 2.46 bits per heavy atom. The molecule has 0 heterocycles. The summed E-state index contributed by atoms with van der Waals surface area (Å²) in [5.41, 5.74) is 1.38. The van der Waals surface area contributed by atoms with Crippen LogP contribution < -0.4 is 0 Å². The van der Waals surface area contributed by atoms with Gasteiger partial charge in [0.25, 0.3) is 0 Å². The molecule has 0 aliphatic heterocycles. The van der Waals surface area contributed by atoms with Crippen LogP contribution in [0.25, 0.3) is 0 Å². The topological polar surface area (TPSA) is 20.2 Å². The Bertz CT molecular complexity index is 246. The van der Waals surface area contributed by atoms with Crippen LogP contribution in [0, 0.1) is 23.7 Å². The molecule has 4 aliphatic rings. The number of aliphatic hydroxyl groups excluding tert-OH is 1. The molecule has 0 aromatic heterocycles. The van der Waals surface area contributed by atoms with Crippen molar-refractivity contribution in [3.63, 3.8) is 0 Å². The van der Waals surface area contributed by atoms with E-state index in [0.29, 0.717) is 5.92 Å². The quantitative estimate of drug-likeness (QED) is 0.565. The molecule has 0 saturated heterocycles. The van der Waals surface area contributed by atoms with Gasteiger partial charge < -0.3 is 5.11 Å².